The minimum atomic E-state index is -0.0443. The largest absolute Gasteiger partial charge is 1.00 e. The molecule has 0 saturated carbocycles. The molecule has 3 rings (SSSR count). The van der Waals surface area contributed by atoms with Crippen LogP contribution < -0.4 is 22.0 Å². The molecule has 2 nitrogen and oxygen atoms in total. The zero-order chi connectivity index (χ0) is 12.6. The number of nitrogens with zero attached hydrogens (tertiary/aromatic N) is 1. The minimum Gasteiger partial charge on any atom is -1.00 e. The topological polar surface area (TPSA) is 17.4 Å². The van der Waals surface area contributed by atoms with Crippen molar-refractivity contribution in [2.75, 3.05) is 13.1 Å². The smallest absolute Gasteiger partial charge is 0.167 e. The molecule has 0 bridgehead atoms. The summed E-state index contributed by atoms with van der Waals surface area (Å²) in [6.07, 6.45) is 12.8. The Kier molecular flexibility index (Phi) is 4.31. The average Bonchev–Trinajstić information content (AvgIpc) is 2.63. The van der Waals surface area contributed by atoms with Crippen molar-refractivity contribution in [2.24, 2.45) is 0 Å². The second kappa shape index (κ2) is 5.63. The number of pyridine rings is 1. The number of H-pyrrole nitrogens is 1. The second-order valence-corrected chi connectivity index (χ2v) is 6.45. The van der Waals surface area contributed by atoms with E-state index in [1.807, 2.05) is 12.4 Å². The highest BCUT2D eigenvalue weighted by molar-refractivity contribution is 9.10. The van der Waals surface area contributed by atoms with E-state index in [-0.39, 0.29) is 21.3 Å². The fourth-order valence-electron chi connectivity index (χ4n) is 2.55. The van der Waals surface area contributed by atoms with Gasteiger partial charge in [-0.25, -0.2) is 4.98 Å². The number of halogens is 2. The fraction of sp³-hybridized carbons (Fsp3) is 0.267. The van der Waals surface area contributed by atoms with Crippen LogP contribution in [0.5, 0.6) is 0 Å². The molecule has 1 N–H and O–H groups in total. The fourth-order valence-corrected chi connectivity index (χ4v) is 3.17. The Labute approximate surface area is 132 Å². The van der Waals surface area contributed by atoms with E-state index >= 15 is 0 Å². The lowest BCUT2D eigenvalue weighted by atomic mass is 9.99. The summed E-state index contributed by atoms with van der Waals surface area (Å²) in [6, 6.07) is 4.19. The van der Waals surface area contributed by atoms with Gasteiger partial charge in [0.1, 0.15) is 0 Å². The van der Waals surface area contributed by atoms with Crippen LogP contribution in [0, 0.1) is 0 Å². The summed E-state index contributed by atoms with van der Waals surface area (Å²) >= 11 is 3.89. The number of nitrogens with one attached hydrogen (secondary N) is 1. The average molecular weight is 384 g/mol. The van der Waals surface area contributed by atoms with Crippen molar-refractivity contribution in [1.82, 2.24) is 4.90 Å². The van der Waals surface area contributed by atoms with E-state index in [0.717, 1.165) is 13.1 Å². The molecule has 1 saturated heterocycles. The van der Waals surface area contributed by atoms with E-state index in [1.54, 1.807) is 0 Å². The van der Waals surface area contributed by atoms with Crippen molar-refractivity contribution in [2.45, 2.75) is 11.2 Å². The number of fused-ring (bicyclic) bond motifs is 1. The maximum Gasteiger partial charge on any atom is 0.167 e. The zero-order valence-electron chi connectivity index (χ0n) is 10.7. The number of aromatic nitrogens is 1. The van der Waals surface area contributed by atoms with Gasteiger partial charge in [-0.1, -0.05) is 34.2 Å². The molecule has 4 heteroatoms. The molecule has 1 atom stereocenters. The van der Waals surface area contributed by atoms with Gasteiger partial charge in [-0.3, -0.25) is 0 Å². The number of hydrogen-bond acceptors (Lipinski definition) is 1. The summed E-state index contributed by atoms with van der Waals surface area (Å²) in [4.78, 5) is 5.47. The molecular weight excluding hydrogens is 368 g/mol. The molecule has 100 valence electrons. The molecule has 1 unspecified atom stereocenters. The van der Waals surface area contributed by atoms with Crippen molar-refractivity contribution in [1.29, 1.82) is 0 Å². The maximum atomic E-state index is 3.89. The third-order valence-electron chi connectivity index (χ3n) is 3.59. The Bertz CT molecular complexity index is 545. The Morgan fingerprint density at radius 3 is 2.79 bits per heavy atom. The van der Waals surface area contributed by atoms with Crippen molar-refractivity contribution >= 4 is 22.0 Å². The van der Waals surface area contributed by atoms with E-state index in [0.29, 0.717) is 0 Å². The number of hydrogen-bond donors (Lipinski definition) is 0. The highest BCUT2D eigenvalue weighted by Crippen LogP contribution is 2.44. The molecule has 2 aliphatic heterocycles. The van der Waals surface area contributed by atoms with E-state index in [1.165, 1.54) is 16.8 Å². The molecule has 0 aromatic carbocycles. The van der Waals surface area contributed by atoms with Crippen LogP contribution in [0.25, 0.3) is 6.08 Å². The first kappa shape index (κ1) is 14.5. The number of rotatable bonds is 1. The van der Waals surface area contributed by atoms with Crippen LogP contribution in [0.4, 0.5) is 0 Å². The number of allylic oxidation sites excluding steroid dienone is 3. The lowest BCUT2D eigenvalue weighted by Crippen LogP contribution is -3.00. The molecule has 0 radical (unpaired) electrons. The Morgan fingerprint density at radius 2 is 2.11 bits per heavy atom. The van der Waals surface area contributed by atoms with Crippen molar-refractivity contribution in [3.8, 4) is 0 Å². The molecule has 1 aromatic rings. The zero-order valence-corrected chi connectivity index (χ0v) is 13.9. The van der Waals surface area contributed by atoms with Gasteiger partial charge >= 0.3 is 0 Å². The van der Waals surface area contributed by atoms with Crippen molar-refractivity contribution < 1.29 is 22.0 Å². The summed E-state index contributed by atoms with van der Waals surface area (Å²) in [7, 11) is 0. The Balaban J connectivity index is 0.00000133. The van der Waals surface area contributed by atoms with Crippen molar-refractivity contribution in [3.63, 3.8) is 0 Å². The summed E-state index contributed by atoms with van der Waals surface area (Å²) in [5.74, 6) is 0. The first-order valence-corrected chi connectivity index (χ1v) is 6.95. The van der Waals surface area contributed by atoms with Gasteiger partial charge in [-0.2, -0.15) is 0 Å². The predicted molar refractivity (Wildman–Crippen MR) is 77.1 cm³/mol. The molecule has 1 fully saturated rings. The summed E-state index contributed by atoms with van der Waals surface area (Å²) in [6.45, 7) is 4.24. The maximum absolute atomic E-state index is 3.89. The Hall–Kier alpha value is -0.870. The molecule has 2 aliphatic rings. The lowest BCUT2D eigenvalue weighted by molar-refractivity contribution is -0.378. The van der Waals surface area contributed by atoms with Gasteiger partial charge in [0.15, 0.2) is 12.4 Å². The second-order valence-electron chi connectivity index (χ2n) is 4.87. The highest BCUT2D eigenvalue weighted by atomic mass is 79.9. The molecule has 3 heterocycles. The van der Waals surface area contributed by atoms with E-state index in [9.17, 15) is 0 Å². The van der Waals surface area contributed by atoms with Crippen LogP contribution in [-0.4, -0.2) is 22.3 Å². The van der Waals surface area contributed by atoms with Crippen LogP contribution in [-0.2, 0) is 0 Å². The van der Waals surface area contributed by atoms with Gasteiger partial charge in [-0.15, -0.1) is 0 Å². The lowest BCUT2D eigenvalue weighted by Gasteiger charge is -2.25. The first-order chi connectivity index (χ1) is 8.68. The molecule has 1 aromatic heterocycles. The quantitative estimate of drug-likeness (QED) is 0.614. The van der Waals surface area contributed by atoms with Crippen LogP contribution >= 0.6 is 15.9 Å². The van der Waals surface area contributed by atoms with E-state index < -0.39 is 0 Å². The van der Waals surface area contributed by atoms with E-state index in [4.69, 9.17) is 0 Å². The monoisotopic (exact) mass is 382 g/mol. The van der Waals surface area contributed by atoms with Gasteiger partial charge < -0.3 is 21.9 Å². The van der Waals surface area contributed by atoms with Gasteiger partial charge in [0, 0.05) is 30.9 Å². The molecule has 0 spiro atoms. The van der Waals surface area contributed by atoms with Crippen molar-refractivity contribution in [3.05, 3.63) is 59.6 Å². The third kappa shape index (κ3) is 2.70. The molecule has 0 aliphatic carbocycles. The normalized spacial score (nSPS) is 26.9. The summed E-state index contributed by atoms with van der Waals surface area (Å²) < 4.78 is -0.0443. The predicted octanol–water partition coefficient (Wildman–Crippen LogP) is -0.189. The van der Waals surface area contributed by atoms with E-state index in [2.05, 4.69) is 69.2 Å². The number of aromatic amines is 1. The SMILES string of the molecule is CC1(Br)C(=Cc2cc[nH+]cc2)CN2CC=CC=C21.[Br-]. The molecular formula is C15H16Br2N2. The highest BCUT2D eigenvalue weighted by Gasteiger charge is 2.40. The minimum absolute atomic E-state index is 0. The Morgan fingerprint density at radius 1 is 1.37 bits per heavy atom. The van der Waals surface area contributed by atoms with Crippen LogP contribution in [0.3, 0.4) is 0 Å². The number of alkyl halides is 1. The van der Waals surface area contributed by atoms with Gasteiger partial charge in [0.05, 0.1) is 4.32 Å². The molecule has 0 amide bonds. The van der Waals surface area contributed by atoms with Gasteiger partial charge in [0.2, 0.25) is 0 Å². The summed E-state index contributed by atoms with van der Waals surface area (Å²) in [5, 5.41) is 0. The van der Waals surface area contributed by atoms with Gasteiger partial charge in [0.25, 0.3) is 0 Å². The summed E-state index contributed by atoms with van der Waals surface area (Å²) in [5.41, 5.74) is 4.00. The molecule has 19 heavy (non-hydrogen) atoms. The van der Waals surface area contributed by atoms with Crippen LogP contribution in [0.15, 0.2) is 54.0 Å². The standard InChI is InChI=1S/C15H15BrN2.BrH/c1-15(16)13(10-12-5-7-17-8-6-12)11-18-9-3-2-4-14(15)18;/h2-8,10H,9,11H2,1H3;1H. The van der Waals surface area contributed by atoms with Crippen LogP contribution in [0.2, 0.25) is 0 Å². The van der Waals surface area contributed by atoms with Gasteiger partial charge in [-0.05, 0) is 24.1 Å². The van der Waals surface area contributed by atoms with Crippen LogP contribution in [0.1, 0.15) is 12.5 Å². The first-order valence-electron chi connectivity index (χ1n) is 6.16. The third-order valence-corrected chi connectivity index (χ3v) is 4.50.